The van der Waals surface area contributed by atoms with E-state index in [4.69, 9.17) is 0 Å². The highest BCUT2D eigenvalue weighted by atomic mass is 32.2. The van der Waals surface area contributed by atoms with Crippen LogP contribution in [0.5, 0.6) is 0 Å². The number of hydrogen-bond donors (Lipinski definition) is 1. The molecule has 7 heteroatoms. The molecule has 0 saturated heterocycles. The van der Waals surface area contributed by atoms with Crippen LogP contribution in [0.1, 0.15) is 13.8 Å². The zero-order valence-corrected chi connectivity index (χ0v) is 12.8. The zero-order valence-electron chi connectivity index (χ0n) is 12.0. The predicted octanol–water partition coefficient (Wildman–Crippen LogP) is 2.26. The lowest BCUT2D eigenvalue weighted by molar-refractivity contribution is 0.597. The van der Waals surface area contributed by atoms with Crippen molar-refractivity contribution in [1.29, 1.82) is 0 Å². The summed E-state index contributed by atoms with van der Waals surface area (Å²) in [6, 6.07) is 5.17. The standard InChI is InChI=1S/C14H16N4O2S/c1-9(2)14-16-12-6-10(11-7-15-18(3)8-11)4-5-13(12)21(19,20)17-14/h4-9H,1-3H3,(H,16,17). The lowest BCUT2D eigenvalue weighted by atomic mass is 10.1. The third-order valence-corrected chi connectivity index (χ3v) is 4.67. The van der Waals surface area contributed by atoms with Gasteiger partial charge in [0.25, 0.3) is 10.0 Å². The summed E-state index contributed by atoms with van der Waals surface area (Å²) in [5, 5.41) is 7.24. The molecule has 3 rings (SSSR count). The van der Waals surface area contributed by atoms with E-state index in [1.165, 1.54) is 0 Å². The van der Waals surface area contributed by atoms with Crippen molar-refractivity contribution >= 4 is 21.5 Å². The summed E-state index contributed by atoms with van der Waals surface area (Å²) in [5.74, 6) is 0.473. The van der Waals surface area contributed by atoms with Crippen LogP contribution in [-0.4, -0.2) is 24.0 Å². The first-order valence-corrected chi connectivity index (χ1v) is 8.06. The summed E-state index contributed by atoms with van der Waals surface area (Å²) in [4.78, 5) is 0.208. The van der Waals surface area contributed by atoms with Gasteiger partial charge in [-0.05, 0) is 17.7 Å². The second-order valence-corrected chi connectivity index (χ2v) is 6.92. The average Bonchev–Trinajstić information content (AvgIpc) is 2.84. The highest BCUT2D eigenvalue weighted by Crippen LogP contribution is 2.32. The lowest BCUT2D eigenvalue weighted by Gasteiger charge is -2.20. The lowest BCUT2D eigenvalue weighted by Crippen LogP contribution is -2.25. The molecule has 0 fully saturated rings. The van der Waals surface area contributed by atoms with Crippen LogP contribution < -0.4 is 5.32 Å². The first-order chi connectivity index (χ1) is 9.87. The van der Waals surface area contributed by atoms with Gasteiger partial charge in [0, 0.05) is 24.7 Å². The fraction of sp³-hybridized carbons (Fsp3) is 0.286. The maximum atomic E-state index is 12.2. The number of aryl methyl sites for hydroxylation is 1. The Hall–Kier alpha value is -2.15. The number of rotatable bonds is 2. The van der Waals surface area contributed by atoms with Gasteiger partial charge in [-0.15, -0.1) is 4.40 Å². The Bertz CT molecular complexity index is 834. The topological polar surface area (TPSA) is 76.3 Å². The van der Waals surface area contributed by atoms with Crippen molar-refractivity contribution in [2.45, 2.75) is 18.7 Å². The molecule has 6 nitrogen and oxygen atoms in total. The van der Waals surface area contributed by atoms with Crippen molar-refractivity contribution in [2.24, 2.45) is 17.4 Å². The van der Waals surface area contributed by atoms with Crippen LogP contribution in [0.4, 0.5) is 5.69 Å². The Balaban J connectivity index is 2.11. The molecule has 0 aliphatic carbocycles. The van der Waals surface area contributed by atoms with Gasteiger partial charge in [-0.25, -0.2) is 0 Å². The van der Waals surface area contributed by atoms with Gasteiger partial charge in [0.15, 0.2) is 0 Å². The molecule has 1 aromatic heterocycles. The maximum absolute atomic E-state index is 12.2. The second kappa shape index (κ2) is 4.70. The van der Waals surface area contributed by atoms with E-state index in [-0.39, 0.29) is 10.8 Å². The van der Waals surface area contributed by atoms with Gasteiger partial charge in [-0.2, -0.15) is 13.5 Å². The molecule has 0 unspecified atom stereocenters. The normalized spacial score (nSPS) is 16.3. The van der Waals surface area contributed by atoms with Gasteiger partial charge >= 0.3 is 0 Å². The fourth-order valence-electron chi connectivity index (χ4n) is 2.19. The van der Waals surface area contributed by atoms with E-state index < -0.39 is 10.0 Å². The van der Waals surface area contributed by atoms with Crippen molar-refractivity contribution in [2.75, 3.05) is 5.32 Å². The van der Waals surface area contributed by atoms with Gasteiger partial charge in [-0.3, -0.25) is 4.68 Å². The minimum absolute atomic E-state index is 0.00923. The van der Waals surface area contributed by atoms with Crippen molar-refractivity contribution in [3.8, 4) is 11.1 Å². The number of fused-ring (bicyclic) bond motifs is 1. The number of nitrogens with one attached hydrogen (secondary N) is 1. The Morgan fingerprint density at radius 3 is 2.62 bits per heavy atom. The average molecular weight is 304 g/mol. The van der Waals surface area contributed by atoms with Crippen LogP contribution in [-0.2, 0) is 17.1 Å². The zero-order chi connectivity index (χ0) is 15.2. The monoisotopic (exact) mass is 304 g/mol. The molecule has 21 heavy (non-hydrogen) atoms. The number of hydrogen-bond acceptors (Lipinski definition) is 4. The van der Waals surface area contributed by atoms with Gasteiger partial charge in [0.2, 0.25) is 0 Å². The van der Waals surface area contributed by atoms with Gasteiger partial charge in [0.1, 0.15) is 10.7 Å². The smallest absolute Gasteiger partial charge is 0.286 e. The van der Waals surface area contributed by atoms with E-state index in [2.05, 4.69) is 14.8 Å². The minimum atomic E-state index is -3.63. The number of benzene rings is 1. The molecule has 2 aromatic rings. The molecule has 0 radical (unpaired) electrons. The number of amidine groups is 1. The largest absolute Gasteiger partial charge is 0.342 e. The molecule has 0 atom stereocenters. The predicted molar refractivity (Wildman–Crippen MR) is 81.7 cm³/mol. The van der Waals surface area contributed by atoms with Crippen molar-refractivity contribution in [3.63, 3.8) is 0 Å². The van der Waals surface area contributed by atoms with E-state index in [1.807, 2.05) is 33.2 Å². The molecule has 0 amide bonds. The van der Waals surface area contributed by atoms with Crippen LogP contribution in [0.2, 0.25) is 0 Å². The second-order valence-electron chi connectivity index (χ2n) is 5.34. The van der Waals surface area contributed by atoms with Crippen LogP contribution >= 0.6 is 0 Å². The van der Waals surface area contributed by atoms with E-state index in [0.29, 0.717) is 11.5 Å². The molecule has 0 saturated carbocycles. The third-order valence-electron chi connectivity index (χ3n) is 3.32. The molecular formula is C14H16N4O2S. The van der Waals surface area contributed by atoms with Crippen LogP contribution in [0.25, 0.3) is 11.1 Å². The maximum Gasteiger partial charge on any atom is 0.286 e. The number of anilines is 1. The SMILES string of the molecule is CC(C)C1=NS(=O)(=O)c2ccc(-c3cnn(C)c3)cc2N1. The molecule has 0 spiro atoms. The highest BCUT2D eigenvalue weighted by molar-refractivity contribution is 7.90. The molecule has 1 aliphatic rings. The van der Waals surface area contributed by atoms with Crippen LogP contribution in [0, 0.1) is 5.92 Å². The molecule has 0 bridgehead atoms. The number of sulfonamides is 1. The van der Waals surface area contributed by atoms with Gasteiger partial charge < -0.3 is 5.32 Å². The number of aromatic nitrogens is 2. The van der Waals surface area contributed by atoms with E-state index in [1.54, 1.807) is 23.0 Å². The van der Waals surface area contributed by atoms with Crippen LogP contribution in [0.15, 0.2) is 39.9 Å². The van der Waals surface area contributed by atoms with Gasteiger partial charge in [-0.1, -0.05) is 19.9 Å². The Morgan fingerprint density at radius 2 is 2.00 bits per heavy atom. The summed E-state index contributed by atoms with van der Waals surface area (Å²) in [5.41, 5.74) is 2.41. The van der Waals surface area contributed by atoms with E-state index >= 15 is 0 Å². The highest BCUT2D eigenvalue weighted by Gasteiger charge is 2.26. The third kappa shape index (κ3) is 2.44. The summed E-state index contributed by atoms with van der Waals surface area (Å²) in [7, 11) is -1.78. The number of nitrogens with zero attached hydrogens (tertiary/aromatic N) is 3. The van der Waals surface area contributed by atoms with Gasteiger partial charge in [0.05, 0.1) is 11.9 Å². The Morgan fingerprint density at radius 1 is 1.24 bits per heavy atom. The summed E-state index contributed by atoms with van der Waals surface area (Å²) < 4.78 is 29.9. The van der Waals surface area contributed by atoms with Crippen LogP contribution in [0.3, 0.4) is 0 Å². The Kier molecular flexibility index (Phi) is 3.09. The van der Waals surface area contributed by atoms with Crippen molar-refractivity contribution in [1.82, 2.24) is 9.78 Å². The van der Waals surface area contributed by atoms with Crippen molar-refractivity contribution in [3.05, 3.63) is 30.6 Å². The van der Waals surface area contributed by atoms with E-state index in [9.17, 15) is 8.42 Å². The molecule has 2 heterocycles. The Labute approximate surface area is 123 Å². The fourth-order valence-corrected chi connectivity index (χ4v) is 3.43. The molecule has 1 N–H and O–H groups in total. The summed E-state index contributed by atoms with van der Waals surface area (Å²) >= 11 is 0. The quantitative estimate of drug-likeness (QED) is 0.923. The first kappa shape index (κ1) is 13.8. The van der Waals surface area contributed by atoms with Crippen molar-refractivity contribution < 1.29 is 8.42 Å². The molecule has 1 aliphatic heterocycles. The molecular weight excluding hydrogens is 288 g/mol. The summed E-state index contributed by atoms with van der Waals surface area (Å²) in [6.45, 7) is 3.80. The van der Waals surface area contributed by atoms with E-state index in [0.717, 1.165) is 11.1 Å². The molecule has 110 valence electrons. The summed E-state index contributed by atoms with van der Waals surface area (Å²) in [6.07, 6.45) is 3.63. The first-order valence-electron chi connectivity index (χ1n) is 6.62. The molecule has 1 aromatic carbocycles. The minimum Gasteiger partial charge on any atom is -0.342 e.